The molecule has 108 valence electrons. The summed E-state index contributed by atoms with van der Waals surface area (Å²) < 4.78 is 0. The fraction of sp³-hybridized carbons (Fsp3) is 0.200. The van der Waals surface area contributed by atoms with Crippen molar-refractivity contribution in [1.82, 2.24) is 4.98 Å². The molecule has 0 amide bonds. The minimum absolute atomic E-state index is 0.0760. The molecule has 4 rings (SSSR count). The van der Waals surface area contributed by atoms with Crippen molar-refractivity contribution in [3.8, 4) is 0 Å². The van der Waals surface area contributed by atoms with Gasteiger partial charge in [-0.15, -0.1) is 0 Å². The average molecular weight is 287 g/mol. The Hall–Kier alpha value is -2.48. The van der Waals surface area contributed by atoms with Gasteiger partial charge in [-0.2, -0.15) is 0 Å². The number of carbonyl (C=O) groups excluding carboxylic acids is 1. The molecule has 0 bridgehead atoms. The van der Waals surface area contributed by atoms with Gasteiger partial charge in [-0.25, -0.2) is 0 Å². The monoisotopic (exact) mass is 287 g/mol. The van der Waals surface area contributed by atoms with E-state index in [-0.39, 0.29) is 11.7 Å². The lowest BCUT2D eigenvalue weighted by molar-refractivity contribution is 0.0946. The van der Waals surface area contributed by atoms with Crippen molar-refractivity contribution in [2.24, 2.45) is 0 Å². The van der Waals surface area contributed by atoms with Gasteiger partial charge in [0.2, 0.25) is 0 Å². The number of benzene rings is 2. The fourth-order valence-electron chi connectivity index (χ4n) is 3.44. The van der Waals surface area contributed by atoms with Gasteiger partial charge in [-0.05, 0) is 37.0 Å². The number of carbonyl (C=O) groups is 1. The van der Waals surface area contributed by atoms with E-state index in [4.69, 9.17) is 0 Å². The first kappa shape index (κ1) is 13.2. The highest BCUT2D eigenvalue weighted by Crippen LogP contribution is 2.35. The number of hydrogen-bond acceptors (Lipinski definition) is 2. The van der Waals surface area contributed by atoms with Crippen molar-refractivity contribution >= 4 is 16.7 Å². The summed E-state index contributed by atoms with van der Waals surface area (Å²) >= 11 is 0. The Bertz CT molecular complexity index is 882. The van der Waals surface area contributed by atoms with Crippen molar-refractivity contribution in [3.05, 3.63) is 77.0 Å². The molecular weight excluding hydrogens is 270 g/mol. The maximum absolute atomic E-state index is 12.9. The smallest absolute Gasteiger partial charge is 0.170 e. The van der Waals surface area contributed by atoms with Crippen LogP contribution in [-0.2, 0) is 6.42 Å². The predicted molar refractivity (Wildman–Crippen MR) is 88.3 cm³/mol. The largest absolute Gasteiger partial charge is 0.293 e. The third kappa shape index (κ3) is 2.03. The van der Waals surface area contributed by atoms with Gasteiger partial charge < -0.3 is 0 Å². The van der Waals surface area contributed by atoms with Gasteiger partial charge in [0.25, 0.3) is 0 Å². The standard InChI is InChI=1S/C20H17NO/c1-13-9-10-15-6-4-8-17(19(15)21-13)18-12-11-14-5-2-3-7-16(14)20(18)22/h2-10,18H,11-12H2,1H3/t18-/m0/s1. The molecule has 2 nitrogen and oxygen atoms in total. The lowest BCUT2D eigenvalue weighted by Gasteiger charge is -2.24. The summed E-state index contributed by atoms with van der Waals surface area (Å²) in [6.45, 7) is 1.99. The lowest BCUT2D eigenvalue weighted by Crippen LogP contribution is -2.21. The molecule has 0 N–H and O–H groups in total. The van der Waals surface area contributed by atoms with Crippen LogP contribution in [0.25, 0.3) is 10.9 Å². The van der Waals surface area contributed by atoms with Crippen LogP contribution in [0.2, 0.25) is 0 Å². The molecule has 2 heteroatoms. The number of Topliss-reactive ketones (excluding diaryl/α,β-unsaturated/α-hetero) is 1. The molecule has 3 aromatic rings. The zero-order valence-electron chi connectivity index (χ0n) is 12.5. The van der Waals surface area contributed by atoms with Crippen LogP contribution in [-0.4, -0.2) is 10.8 Å². The molecule has 1 aliphatic rings. The van der Waals surface area contributed by atoms with E-state index < -0.39 is 0 Å². The molecule has 0 unspecified atom stereocenters. The van der Waals surface area contributed by atoms with E-state index in [2.05, 4.69) is 29.2 Å². The van der Waals surface area contributed by atoms with Crippen LogP contribution in [0.1, 0.15) is 39.5 Å². The topological polar surface area (TPSA) is 30.0 Å². The summed E-state index contributed by atoms with van der Waals surface area (Å²) in [7, 11) is 0. The second-order valence-electron chi connectivity index (χ2n) is 5.98. The van der Waals surface area contributed by atoms with Gasteiger partial charge in [0.1, 0.15) is 0 Å². The molecule has 0 spiro atoms. The zero-order valence-corrected chi connectivity index (χ0v) is 12.5. The van der Waals surface area contributed by atoms with Crippen molar-refractivity contribution in [2.45, 2.75) is 25.7 Å². The molecule has 22 heavy (non-hydrogen) atoms. The van der Waals surface area contributed by atoms with Gasteiger partial charge in [-0.3, -0.25) is 9.78 Å². The molecule has 0 saturated heterocycles. The molecule has 0 saturated carbocycles. The number of hydrogen-bond donors (Lipinski definition) is 0. The lowest BCUT2D eigenvalue weighted by atomic mass is 9.78. The van der Waals surface area contributed by atoms with Crippen molar-refractivity contribution in [2.75, 3.05) is 0 Å². The van der Waals surface area contributed by atoms with E-state index in [1.54, 1.807) is 0 Å². The first-order valence-electron chi connectivity index (χ1n) is 7.72. The molecule has 0 fully saturated rings. The molecule has 1 aromatic heterocycles. The van der Waals surface area contributed by atoms with Gasteiger partial charge >= 0.3 is 0 Å². The van der Waals surface area contributed by atoms with Crippen LogP contribution in [0.3, 0.4) is 0 Å². The van der Waals surface area contributed by atoms with E-state index in [1.807, 2.05) is 37.3 Å². The fourth-order valence-corrected chi connectivity index (χ4v) is 3.44. The summed E-state index contributed by atoms with van der Waals surface area (Å²) in [5, 5.41) is 1.11. The SMILES string of the molecule is Cc1ccc2cccc([C@@H]3CCc4ccccc4C3=O)c2n1. The van der Waals surface area contributed by atoms with Gasteiger partial charge in [0.05, 0.1) is 5.52 Å². The van der Waals surface area contributed by atoms with Crippen LogP contribution < -0.4 is 0 Å². The Morgan fingerprint density at radius 1 is 1.00 bits per heavy atom. The van der Waals surface area contributed by atoms with E-state index in [0.717, 1.165) is 40.6 Å². The van der Waals surface area contributed by atoms with Gasteiger partial charge in [-0.1, -0.05) is 48.5 Å². The number of para-hydroxylation sites is 1. The molecular formula is C20H17NO. The quantitative estimate of drug-likeness (QED) is 0.661. The van der Waals surface area contributed by atoms with Crippen molar-refractivity contribution in [3.63, 3.8) is 0 Å². The molecule has 1 aliphatic carbocycles. The maximum Gasteiger partial charge on any atom is 0.170 e. The first-order chi connectivity index (χ1) is 10.7. The van der Waals surface area contributed by atoms with Crippen molar-refractivity contribution in [1.29, 1.82) is 0 Å². The van der Waals surface area contributed by atoms with Gasteiger partial charge in [0.15, 0.2) is 5.78 Å². The number of rotatable bonds is 1. The van der Waals surface area contributed by atoms with Crippen LogP contribution in [0.15, 0.2) is 54.6 Å². The minimum atomic E-state index is -0.0760. The van der Waals surface area contributed by atoms with Crippen LogP contribution >= 0.6 is 0 Å². The van der Waals surface area contributed by atoms with Crippen molar-refractivity contribution < 1.29 is 4.79 Å². The van der Waals surface area contributed by atoms with E-state index in [1.165, 1.54) is 5.56 Å². The number of pyridine rings is 1. The Balaban J connectivity index is 1.87. The van der Waals surface area contributed by atoms with E-state index in [9.17, 15) is 4.79 Å². The molecule has 1 atom stereocenters. The maximum atomic E-state index is 12.9. The Morgan fingerprint density at radius 2 is 1.86 bits per heavy atom. The van der Waals surface area contributed by atoms with E-state index in [0.29, 0.717) is 0 Å². The minimum Gasteiger partial charge on any atom is -0.293 e. The zero-order chi connectivity index (χ0) is 15.1. The number of ketones is 1. The Labute approximate surface area is 129 Å². The highest BCUT2D eigenvalue weighted by molar-refractivity contribution is 6.05. The number of aryl methyl sites for hydroxylation is 2. The summed E-state index contributed by atoms with van der Waals surface area (Å²) in [5.74, 6) is 0.158. The average Bonchev–Trinajstić information content (AvgIpc) is 2.55. The van der Waals surface area contributed by atoms with Crippen LogP contribution in [0.4, 0.5) is 0 Å². The summed E-state index contributed by atoms with van der Waals surface area (Å²) in [6.07, 6.45) is 1.82. The number of fused-ring (bicyclic) bond motifs is 2. The number of aromatic nitrogens is 1. The second kappa shape index (κ2) is 5.06. The Kier molecular flexibility index (Phi) is 3.04. The molecule has 0 radical (unpaired) electrons. The normalized spacial score (nSPS) is 17.5. The highest BCUT2D eigenvalue weighted by atomic mass is 16.1. The first-order valence-corrected chi connectivity index (χ1v) is 7.72. The van der Waals surface area contributed by atoms with E-state index >= 15 is 0 Å². The third-order valence-corrected chi connectivity index (χ3v) is 4.57. The molecule has 0 aliphatic heterocycles. The van der Waals surface area contributed by atoms with Crippen LogP contribution in [0, 0.1) is 6.92 Å². The van der Waals surface area contributed by atoms with Gasteiger partial charge in [0, 0.05) is 22.6 Å². The number of nitrogens with zero attached hydrogens (tertiary/aromatic N) is 1. The highest BCUT2D eigenvalue weighted by Gasteiger charge is 2.29. The molecule has 2 aromatic carbocycles. The summed E-state index contributed by atoms with van der Waals surface area (Å²) in [5.41, 5.74) is 5.08. The third-order valence-electron chi connectivity index (χ3n) is 4.57. The Morgan fingerprint density at radius 3 is 2.77 bits per heavy atom. The second-order valence-corrected chi connectivity index (χ2v) is 5.98. The predicted octanol–water partition coefficient (Wildman–Crippen LogP) is 4.46. The summed E-state index contributed by atoms with van der Waals surface area (Å²) in [6, 6.07) is 18.2. The van der Waals surface area contributed by atoms with Crippen LogP contribution in [0.5, 0.6) is 0 Å². The molecule has 1 heterocycles. The summed E-state index contributed by atoms with van der Waals surface area (Å²) in [4.78, 5) is 17.6.